The van der Waals surface area contributed by atoms with Crippen LogP contribution in [0.3, 0.4) is 0 Å². The number of nitrogens with one attached hydrogen (secondary N) is 3. The lowest BCUT2D eigenvalue weighted by Gasteiger charge is -2.07. The largest absolute Gasteiger partial charge is 0.378 e. The van der Waals surface area contributed by atoms with Gasteiger partial charge in [-0.1, -0.05) is 0 Å². The van der Waals surface area contributed by atoms with Crippen LogP contribution in [0.5, 0.6) is 0 Å². The van der Waals surface area contributed by atoms with Gasteiger partial charge < -0.3 is 19.9 Å². The third-order valence-electron chi connectivity index (χ3n) is 3.11. The fraction of sp³-hybridized carbons (Fsp3) is 0.231. The molecule has 0 aliphatic carbocycles. The summed E-state index contributed by atoms with van der Waals surface area (Å²) in [6.45, 7) is 3.64. The number of H-pyrrole nitrogens is 2. The molecule has 0 amide bonds. The van der Waals surface area contributed by atoms with E-state index in [1.165, 1.54) is 0 Å². The summed E-state index contributed by atoms with van der Waals surface area (Å²) in [7, 11) is 0. The van der Waals surface area contributed by atoms with Crippen LogP contribution in [-0.4, -0.2) is 19.5 Å². The summed E-state index contributed by atoms with van der Waals surface area (Å²) < 4.78 is 2.09. The van der Waals surface area contributed by atoms with Crippen molar-refractivity contribution in [2.24, 2.45) is 0 Å². The Morgan fingerprint density at radius 2 is 2.16 bits per heavy atom. The van der Waals surface area contributed by atoms with E-state index in [2.05, 4.69) is 31.8 Å². The van der Waals surface area contributed by atoms with Crippen LogP contribution in [0.2, 0.25) is 0 Å². The Bertz CT molecular complexity index is 752. The third-order valence-corrected chi connectivity index (χ3v) is 3.11. The van der Waals surface area contributed by atoms with Crippen LogP contribution in [0.15, 0.2) is 35.4 Å². The Balaban J connectivity index is 1.79. The molecule has 19 heavy (non-hydrogen) atoms. The molecule has 0 aliphatic rings. The second-order valence-corrected chi connectivity index (χ2v) is 4.32. The molecule has 6 heteroatoms. The first-order valence-electron chi connectivity index (χ1n) is 6.22. The maximum Gasteiger partial charge on any atom is 0.323 e. The minimum atomic E-state index is -0.186. The molecular formula is C13H15N5O. The average Bonchev–Trinajstić information content (AvgIpc) is 3.00. The molecule has 3 N–H and O–H groups in total. The highest BCUT2D eigenvalue weighted by atomic mass is 16.1. The van der Waals surface area contributed by atoms with Crippen molar-refractivity contribution in [3.05, 3.63) is 46.9 Å². The van der Waals surface area contributed by atoms with Gasteiger partial charge in [-0.2, -0.15) is 0 Å². The Morgan fingerprint density at radius 1 is 1.32 bits per heavy atom. The van der Waals surface area contributed by atoms with Gasteiger partial charge in [0.05, 0.1) is 17.6 Å². The normalized spacial score (nSPS) is 11.0. The summed E-state index contributed by atoms with van der Waals surface area (Å²) in [5.41, 5.74) is 2.38. The van der Waals surface area contributed by atoms with Crippen molar-refractivity contribution in [2.75, 3.05) is 5.32 Å². The molecule has 2 heterocycles. The molecule has 0 spiro atoms. The van der Waals surface area contributed by atoms with Gasteiger partial charge in [0.1, 0.15) is 5.82 Å². The van der Waals surface area contributed by atoms with E-state index in [1.807, 2.05) is 24.4 Å². The lowest BCUT2D eigenvalue weighted by atomic mass is 10.3. The molecule has 0 atom stereocenters. The predicted molar refractivity (Wildman–Crippen MR) is 74.1 cm³/mol. The van der Waals surface area contributed by atoms with E-state index >= 15 is 0 Å². The quantitative estimate of drug-likeness (QED) is 0.665. The fourth-order valence-corrected chi connectivity index (χ4v) is 2.12. The SMILES string of the molecule is CCn1ccnc1CNc1ccc2[nH]c(=O)[nH]c2c1. The fourth-order valence-electron chi connectivity index (χ4n) is 2.12. The number of hydrogen-bond donors (Lipinski definition) is 3. The van der Waals surface area contributed by atoms with E-state index < -0.39 is 0 Å². The van der Waals surface area contributed by atoms with Crippen molar-refractivity contribution in [1.29, 1.82) is 0 Å². The summed E-state index contributed by atoms with van der Waals surface area (Å²) in [6, 6.07) is 5.72. The lowest BCUT2D eigenvalue weighted by Crippen LogP contribution is -2.07. The highest BCUT2D eigenvalue weighted by molar-refractivity contribution is 5.78. The molecule has 0 bridgehead atoms. The first-order valence-corrected chi connectivity index (χ1v) is 6.22. The van der Waals surface area contributed by atoms with Crippen LogP contribution in [0, 0.1) is 0 Å². The van der Waals surface area contributed by atoms with E-state index in [0.717, 1.165) is 29.1 Å². The minimum absolute atomic E-state index is 0.186. The minimum Gasteiger partial charge on any atom is -0.378 e. The van der Waals surface area contributed by atoms with E-state index in [1.54, 1.807) is 6.20 Å². The third kappa shape index (κ3) is 2.24. The van der Waals surface area contributed by atoms with Gasteiger partial charge in [-0.3, -0.25) is 0 Å². The van der Waals surface area contributed by atoms with Crippen molar-refractivity contribution >= 4 is 16.7 Å². The van der Waals surface area contributed by atoms with E-state index in [0.29, 0.717) is 6.54 Å². The number of anilines is 1. The maximum absolute atomic E-state index is 11.2. The van der Waals surface area contributed by atoms with Crippen LogP contribution in [0.25, 0.3) is 11.0 Å². The first-order chi connectivity index (χ1) is 9.26. The van der Waals surface area contributed by atoms with Gasteiger partial charge in [0.15, 0.2) is 0 Å². The van der Waals surface area contributed by atoms with Gasteiger partial charge in [-0.15, -0.1) is 0 Å². The van der Waals surface area contributed by atoms with Crippen molar-refractivity contribution in [1.82, 2.24) is 19.5 Å². The Labute approximate surface area is 109 Å². The molecule has 0 aliphatic heterocycles. The summed E-state index contributed by atoms with van der Waals surface area (Å²) in [5, 5.41) is 3.30. The van der Waals surface area contributed by atoms with Crippen molar-refractivity contribution in [2.45, 2.75) is 20.0 Å². The van der Waals surface area contributed by atoms with E-state index in [4.69, 9.17) is 0 Å². The van der Waals surface area contributed by atoms with Crippen LogP contribution < -0.4 is 11.0 Å². The average molecular weight is 257 g/mol. The standard InChI is InChI=1S/C13H15N5O/c1-2-18-6-5-14-12(18)8-15-9-3-4-10-11(7-9)17-13(19)16-10/h3-7,15H,2,8H2,1H3,(H2,16,17,19). The summed E-state index contributed by atoms with van der Waals surface area (Å²) in [6.07, 6.45) is 3.76. The number of aryl methyl sites for hydroxylation is 1. The Hall–Kier alpha value is -2.50. The Morgan fingerprint density at radius 3 is 3.00 bits per heavy atom. The zero-order valence-corrected chi connectivity index (χ0v) is 10.6. The lowest BCUT2D eigenvalue weighted by molar-refractivity contribution is 0.708. The number of fused-ring (bicyclic) bond motifs is 1. The number of nitrogens with zero attached hydrogens (tertiary/aromatic N) is 2. The number of aromatic amines is 2. The molecule has 0 saturated carbocycles. The zero-order valence-electron chi connectivity index (χ0n) is 10.6. The molecule has 0 radical (unpaired) electrons. The highest BCUT2D eigenvalue weighted by Crippen LogP contribution is 2.15. The second kappa shape index (κ2) is 4.64. The molecule has 0 fully saturated rings. The number of hydrogen-bond acceptors (Lipinski definition) is 3. The molecule has 0 saturated heterocycles. The van der Waals surface area contributed by atoms with Crippen molar-refractivity contribution in [3.8, 4) is 0 Å². The topological polar surface area (TPSA) is 78.5 Å². The number of benzene rings is 1. The van der Waals surface area contributed by atoms with Crippen LogP contribution in [0.4, 0.5) is 5.69 Å². The monoisotopic (exact) mass is 257 g/mol. The van der Waals surface area contributed by atoms with Crippen molar-refractivity contribution in [3.63, 3.8) is 0 Å². The van der Waals surface area contributed by atoms with Crippen LogP contribution in [0.1, 0.15) is 12.7 Å². The Kier molecular flexibility index (Phi) is 2.83. The number of aromatic nitrogens is 4. The highest BCUT2D eigenvalue weighted by Gasteiger charge is 2.02. The molecule has 0 unspecified atom stereocenters. The molecule has 6 nitrogen and oxygen atoms in total. The van der Waals surface area contributed by atoms with Gasteiger partial charge in [0, 0.05) is 24.6 Å². The van der Waals surface area contributed by atoms with E-state index in [-0.39, 0.29) is 5.69 Å². The summed E-state index contributed by atoms with van der Waals surface area (Å²) in [4.78, 5) is 20.9. The summed E-state index contributed by atoms with van der Waals surface area (Å²) in [5.74, 6) is 0.991. The first kappa shape index (κ1) is 11.6. The van der Waals surface area contributed by atoms with Crippen molar-refractivity contribution < 1.29 is 0 Å². The molecule has 3 aromatic rings. The molecule has 98 valence electrons. The summed E-state index contributed by atoms with van der Waals surface area (Å²) >= 11 is 0. The van der Waals surface area contributed by atoms with Crippen LogP contribution in [-0.2, 0) is 13.1 Å². The van der Waals surface area contributed by atoms with Crippen LogP contribution >= 0.6 is 0 Å². The van der Waals surface area contributed by atoms with Gasteiger partial charge in [0.25, 0.3) is 0 Å². The predicted octanol–water partition coefficient (Wildman–Crippen LogP) is 1.68. The smallest absolute Gasteiger partial charge is 0.323 e. The van der Waals surface area contributed by atoms with Gasteiger partial charge in [0.2, 0.25) is 0 Å². The molecule has 3 rings (SSSR count). The number of rotatable bonds is 4. The van der Waals surface area contributed by atoms with Gasteiger partial charge in [-0.25, -0.2) is 9.78 Å². The maximum atomic E-state index is 11.2. The van der Waals surface area contributed by atoms with E-state index in [9.17, 15) is 4.79 Å². The number of imidazole rings is 2. The zero-order chi connectivity index (χ0) is 13.2. The molecule has 1 aromatic carbocycles. The van der Waals surface area contributed by atoms with Gasteiger partial charge in [-0.05, 0) is 25.1 Å². The second-order valence-electron chi connectivity index (χ2n) is 4.32. The molecular weight excluding hydrogens is 242 g/mol. The van der Waals surface area contributed by atoms with Gasteiger partial charge >= 0.3 is 5.69 Å². The molecule has 2 aromatic heterocycles.